The topological polar surface area (TPSA) is 121 Å². The molecule has 1 aliphatic rings. The van der Waals surface area contributed by atoms with Gasteiger partial charge in [-0.3, -0.25) is 9.59 Å². The molecular weight excluding hydrogens is 621 g/mol. The van der Waals surface area contributed by atoms with Crippen molar-refractivity contribution in [1.29, 1.82) is 5.26 Å². The predicted octanol–water partition coefficient (Wildman–Crippen LogP) is 7.65. The van der Waals surface area contributed by atoms with Crippen molar-refractivity contribution in [2.24, 2.45) is 0 Å². The van der Waals surface area contributed by atoms with Gasteiger partial charge in [-0.05, 0) is 74.7 Å². The summed E-state index contributed by atoms with van der Waals surface area (Å²) in [6.45, 7) is 6.20. The number of thioether (sulfide) groups is 1. The summed E-state index contributed by atoms with van der Waals surface area (Å²) < 4.78 is 10.8. The van der Waals surface area contributed by atoms with E-state index in [-0.39, 0.29) is 11.8 Å². The summed E-state index contributed by atoms with van der Waals surface area (Å²) in [5.74, 6) is 0.00985. The van der Waals surface area contributed by atoms with Gasteiger partial charge in [0.25, 0.3) is 5.91 Å². The standard InChI is InChI=1S/C35H34N4O5S2/c1-35(2,3)44-34(42)39-17-16-27-28(20-36)33(46-29(27)21-39)38-32(41)30(22-10-6-5-7-11-22)45-26-15-9-13-24(19-26)37-31(40)23-12-8-14-25(18-23)43-4/h5-15,18-19,30H,16-17,21H2,1-4H3,(H,37,40)(H,38,41). The molecule has 5 rings (SSSR count). The van der Waals surface area contributed by atoms with Crippen molar-refractivity contribution in [3.63, 3.8) is 0 Å². The highest BCUT2D eigenvalue weighted by atomic mass is 32.2. The van der Waals surface area contributed by atoms with E-state index in [1.807, 2.05) is 69.3 Å². The summed E-state index contributed by atoms with van der Waals surface area (Å²) in [6, 6.07) is 25.9. The van der Waals surface area contributed by atoms with Gasteiger partial charge in [0.05, 0.1) is 19.2 Å². The maximum Gasteiger partial charge on any atom is 0.410 e. The molecule has 2 N–H and O–H groups in total. The number of thiophene rings is 1. The van der Waals surface area contributed by atoms with E-state index in [1.54, 1.807) is 42.3 Å². The third-order valence-corrected chi connectivity index (χ3v) is 9.46. The Kier molecular flexibility index (Phi) is 9.99. The number of carbonyl (C=O) groups is 3. The molecule has 3 aromatic carbocycles. The molecule has 1 aromatic heterocycles. The van der Waals surface area contributed by atoms with Crippen LogP contribution in [0.3, 0.4) is 0 Å². The number of anilines is 2. The number of nitrogens with zero attached hydrogens (tertiary/aromatic N) is 2. The maximum atomic E-state index is 13.9. The summed E-state index contributed by atoms with van der Waals surface area (Å²) in [6.07, 6.45) is 0.0905. The average molecular weight is 655 g/mol. The molecule has 0 saturated carbocycles. The molecule has 0 spiro atoms. The maximum absolute atomic E-state index is 13.9. The van der Waals surface area contributed by atoms with E-state index < -0.39 is 16.9 Å². The van der Waals surface area contributed by atoms with Crippen LogP contribution >= 0.6 is 23.1 Å². The third kappa shape index (κ3) is 7.88. The monoisotopic (exact) mass is 654 g/mol. The van der Waals surface area contributed by atoms with E-state index in [2.05, 4.69) is 16.7 Å². The van der Waals surface area contributed by atoms with Crippen LogP contribution in [-0.4, -0.2) is 42.1 Å². The zero-order valence-electron chi connectivity index (χ0n) is 26.0. The van der Waals surface area contributed by atoms with Gasteiger partial charge in [0.1, 0.15) is 27.7 Å². The number of amides is 3. The number of benzene rings is 3. The largest absolute Gasteiger partial charge is 0.497 e. The summed E-state index contributed by atoms with van der Waals surface area (Å²) in [7, 11) is 1.55. The van der Waals surface area contributed by atoms with E-state index in [4.69, 9.17) is 9.47 Å². The van der Waals surface area contributed by atoms with Crippen molar-refractivity contribution < 1.29 is 23.9 Å². The molecule has 9 nitrogen and oxygen atoms in total. The number of hydrogen-bond donors (Lipinski definition) is 2. The minimum atomic E-state index is -0.658. The minimum absolute atomic E-state index is 0.283. The number of nitrogens with one attached hydrogen (secondary N) is 2. The molecule has 0 bridgehead atoms. The second-order valence-electron chi connectivity index (χ2n) is 11.6. The van der Waals surface area contributed by atoms with Gasteiger partial charge in [-0.1, -0.05) is 42.5 Å². The van der Waals surface area contributed by atoms with Crippen molar-refractivity contribution in [1.82, 2.24) is 4.90 Å². The predicted molar refractivity (Wildman–Crippen MR) is 180 cm³/mol. The van der Waals surface area contributed by atoms with Gasteiger partial charge in [-0.2, -0.15) is 5.26 Å². The van der Waals surface area contributed by atoms with Crippen LogP contribution in [0.1, 0.15) is 57.9 Å². The van der Waals surface area contributed by atoms with Gasteiger partial charge >= 0.3 is 6.09 Å². The molecule has 46 heavy (non-hydrogen) atoms. The number of rotatable bonds is 8. The lowest BCUT2D eigenvalue weighted by molar-refractivity contribution is -0.115. The molecule has 0 fully saturated rings. The molecule has 3 amide bonds. The van der Waals surface area contributed by atoms with Crippen LogP contribution in [0.25, 0.3) is 0 Å². The number of fused-ring (bicyclic) bond motifs is 1. The fraction of sp³-hybridized carbons (Fsp3) is 0.257. The quantitative estimate of drug-likeness (QED) is 0.187. The number of methoxy groups -OCH3 is 1. The molecule has 0 saturated heterocycles. The Morgan fingerprint density at radius 2 is 1.76 bits per heavy atom. The van der Waals surface area contributed by atoms with Gasteiger partial charge < -0.3 is 25.0 Å². The van der Waals surface area contributed by atoms with E-state index in [1.165, 1.54) is 23.1 Å². The SMILES string of the molecule is COc1cccc(C(=O)Nc2cccc(SC(C(=O)Nc3sc4c(c3C#N)CCN(C(=O)OC(C)(C)C)C4)c3ccccc3)c2)c1. The van der Waals surface area contributed by atoms with Crippen LogP contribution in [0, 0.1) is 11.3 Å². The Morgan fingerprint density at radius 1 is 1.00 bits per heavy atom. The smallest absolute Gasteiger partial charge is 0.410 e. The van der Waals surface area contributed by atoms with Crippen LogP contribution < -0.4 is 15.4 Å². The van der Waals surface area contributed by atoms with Gasteiger partial charge in [-0.25, -0.2) is 4.79 Å². The molecule has 0 aliphatic carbocycles. The highest BCUT2D eigenvalue weighted by Gasteiger charge is 2.31. The van der Waals surface area contributed by atoms with Gasteiger partial charge in [0, 0.05) is 27.6 Å². The number of hydrogen-bond acceptors (Lipinski definition) is 8. The van der Waals surface area contributed by atoms with Crippen LogP contribution in [0.2, 0.25) is 0 Å². The van der Waals surface area contributed by atoms with Crippen molar-refractivity contribution in [2.45, 2.75) is 49.5 Å². The Labute approximate surface area is 276 Å². The van der Waals surface area contributed by atoms with E-state index in [9.17, 15) is 19.6 Å². The molecule has 4 aromatic rings. The molecule has 1 atom stereocenters. The first kappa shape index (κ1) is 32.6. The zero-order valence-corrected chi connectivity index (χ0v) is 27.6. The van der Waals surface area contributed by atoms with E-state index >= 15 is 0 Å². The summed E-state index contributed by atoms with van der Waals surface area (Å²) in [5.41, 5.74) is 2.49. The van der Waals surface area contributed by atoms with Crippen molar-refractivity contribution in [2.75, 3.05) is 24.3 Å². The molecule has 1 aliphatic heterocycles. The molecule has 2 heterocycles. The first-order valence-corrected chi connectivity index (χ1v) is 16.3. The molecule has 1 unspecified atom stereocenters. The lowest BCUT2D eigenvalue weighted by Crippen LogP contribution is -2.39. The van der Waals surface area contributed by atoms with Crippen LogP contribution in [0.5, 0.6) is 5.75 Å². The average Bonchev–Trinajstić information content (AvgIpc) is 3.39. The van der Waals surface area contributed by atoms with Gasteiger partial charge in [0.15, 0.2) is 0 Å². The highest BCUT2D eigenvalue weighted by molar-refractivity contribution is 8.00. The van der Waals surface area contributed by atoms with Crippen LogP contribution in [0.4, 0.5) is 15.5 Å². The van der Waals surface area contributed by atoms with E-state index in [0.717, 1.165) is 20.9 Å². The Bertz CT molecular complexity index is 1790. The lowest BCUT2D eigenvalue weighted by Gasteiger charge is -2.29. The second kappa shape index (κ2) is 14.1. The Balaban J connectivity index is 1.35. The Hall–Kier alpha value is -4.79. The van der Waals surface area contributed by atoms with Crippen molar-refractivity contribution in [3.8, 4) is 11.8 Å². The summed E-state index contributed by atoms with van der Waals surface area (Å²) >= 11 is 2.65. The van der Waals surface area contributed by atoms with Gasteiger partial charge in [-0.15, -0.1) is 23.1 Å². The third-order valence-electron chi connectivity index (χ3n) is 7.08. The molecular formula is C35H34N4O5S2. The second-order valence-corrected chi connectivity index (χ2v) is 13.9. The fourth-order valence-electron chi connectivity index (χ4n) is 4.92. The fourth-order valence-corrected chi connectivity index (χ4v) is 7.22. The number of carbonyl (C=O) groups excluding carboxylic acids is 3. The molecule has 11 heteroatoms. The molecule has 236 valence electrons. The van der Waals surface area contributed by atoms with E-state index in [0.29, 0.717) is 47.1 Å². The Morgan fingerprint density at radius 3 is 2.48 bits per heavy atom. The first-order valence-electron chi connectivity index (χ1n) is 14.6. The lowest BCUT2D eigenvalue weighted by atomic mass is 10.0. The van der Waals surface area contributed by atoms with Crippen molar-refractivity contribution in [3.05, 3.63) is 106 Å². The number of nitriles is 1. The summed E-state index contributed by atoms with van der Waals surface area (Å²) in [4.78, 5) is 42.8. The number of ether oxygens (including phenoxy) is 2. The highest BCUT2D eigenvalue weighted by Crippen LogP contribution is 2.41. The first-order chi connectivity index (χ1) is 22.0. The van der Waals surface area contributed by atoms with Crippen LogP contribution in [0.15, 0.2) is 83.8 Å². The minimum Gasteiger partial charge on any atom is -0.497 e. The normalized spacial score (nSPS) is 13.2. The molecule has 0 radical (unpaired) electrons. The zero-order chi connectivity index (χ0) is 32.8. The van der Waals surface area contributed by atoms with Gasteiger partial charge in [0.2, 0.25) is 5.91 Å². The summed E-state index contributed by atoms with van der Waals surface area (Å²) in [5, 5.41) is 15.8. The van der Waals surface area contributed by atoms with Crippen molar-refractivity contribution >= 4 is 51.7 Å². The van der Waals surface area contributed by atoms with Crippen LogP contribution in [-0.2, 0) is 22.5 Å².